The molecule has 291 valence electrons. The van der Waals surface area contributed by atoms with Gasteiger partial charge in [0, 0.05) is 45.1 Å². The van der Waals surface area contributed by atoms with E-state index in [4.69, 9.17) is 23.2 Å². The van der Waals surface area contributed by atoms with E-state index in [1.165, 1.54) is 13.0 Å². The zero-order chi connectivity index (χ0) is 41.1. The fourth-order valence-electron chi connectivity index (χ4n) is 4.66. The molecule has 0 spiro atoms. The number of aryl methyl sites for hydroxylation is 2. The first-order valence-electron chi connectivity index (χ1n) is 15.2. The number of halogens is 2. The van der Waals surface area contributed by atoms with Crippen LogP contribution in [0.25, 0.3) is 11.4 Å². The van der Waals surface area contributed by atoms with Gasteiger partial charge in [-0.15, -0.1) is 21.6 Å². The van der Waals surface area contributed by atoms with E-state index < -0.39 is 64.5 Å². The fraction of sp³-hybridized carbons (Fsp3) is 0.0625. The summed E-state index contributed by atoms with van der Waals surface area (Å²) in [6.07, 6.45) is 0. The molecule has 4 aromatic carbocycles. The summed E-state index contributed by atoms with van der Waals surface area (Å²) in [7, 11) is -5.12. The number of hydrogen-bond acceptors (Lipinski definition) is 15. The first-order valence-corrected chi connectivity index (χ1v) is 17.3. The minimum Gasteiger partial charge on any atom is -0.866 e. The predicted molar refractivity (Wildman–Crippen MR) is 192 cm³/mol. The summed E-state index contributed by atoms with van der Waals surface area (Å²) in [4.78, 5) is 43.9. The van der Waals surface area contributed by atoms with E-state index in [-0.39, 0.29) is 104 Å². The Labute approximate surface area is 396 Å². The molecular weight excluding hydrogens is 901 g/mol. The average molecular weight is 921 g/mol. The predicted octanol–water partition coefficient (Wildman–Crippen LogP) is -0.783. The number of nitro groups is 2. The van der Waals surface area contributed by atoms with E-state index in [0.717, 1.165) is 21.5 Å². The smallest absolute Gasteiger partial charge is 0.866 e. The third-order valence-corrected chi connectivity index (χ3v) is 8.53. The van der Waals surface area contributed by atoms with Crippen LogP contribution in [0.5, 0.6) is 11.5 Å². The Bertz CT molecular complexity index is 2830. The van der Waals surface area contributed by atoms with E-state index in [9.17, 15) is 53.0 Å². The summed E-state index contributed by atoms with van der Waals surface area (Å²) < 4.78 is 35.8. The number of para-hydroxylation sites is 1. The van der Waals surface area contributed by atoms with Crippen molar-refractivity contribution in [3.8, 4) is 22.9 Å². The zero-order valence-corrected chi connectivity index (χ0v) is 38.1. The van der Waals surface area contributed by atoms with E-state index in [1.807, 2.05) is 0 Å². The second kappa shape index (κ2) is 21.2. The molecule has 0 saturated heterocycles. The maximum Gasteiger partial charge on any atom is 3.00 e. The second-order valence-corrected chi connectivity index (χ2v) is 13.3. The van der Waals surface area contributed by atoms with Gasteiger partial charge in [-0.2, -0.15) is 10.2 Å². The Morgan fingerprint density at radius 3 is 1.58 bits per heavy atom. The molecule has 0 bridgehead atoms. The van der Waals surface area contributed by atoms with Crippen LogP contribution in [0, 0.1) is 34.1 Å². The van der Waals surface area contributed by atoms with Crippen molar-refractivity contribution >= 4 is 67.4 Å². The molecule has 0 saturated carbocycles. The number of aromatic nitrogens is 4. The molecule has 0 amide bonds. The SMILES string of the molecule is Cc1[n-]n(-c2cccc(Cl)c2)c(=O)c1N=Nc1cc(S(=O)(=O)[O-])cc([N+](=O)[O-])c1[O-].Cc1[n-]n(-c2ccccc2)c(=O)c1N=Nc1cc(Cl)cc([N+](=O)[O-])c1[O-].[Cr+3].[Na+].[Na+]. The van der Waals surface area contributed by atoms with E-state index in [2.05, 4.69) is 30.7 Å². The van der Waals surface area contributed by atoms with Crippen LogP contribution in [0.4, 0.5) is 34.1 Å². The van der Waals surface area contributed by atoms with Crippen LogP contribution in [-0.4, -0.2) is 32.2 Å². The average Bonchev–Trinajstić information content (AvgIpc) is 3.59. The minimum absolute atomic E-state index is 0. The quantitative estimate of drug-likeness (QED) is 0.0566. The summed E-state index contributed by atoms with van der Waals surface area (Å²) in [6, 6.07) is 17.9. The van der Waals surface area contributed by atoms with Crippen molar-refractivity contribution in [2.75, 3.05) is 0 Å². The van der Waals surface area contributed by atoms with Crippen LogP contribution in [0.3, 0.4) is 0 Å². The summed E-state index contributed by atoms with van der Waals surface area (Å²) in [5, 5.41) is 69.0. The number of azo groups is 2. The fourth-order valence-corrected chi connectivity index (χ4v) is 5.57. The van der Waals surface area contributed by atoms with Crippen LogP contribution in [-0.2, 0) is 27.5 Å². The third kappa shape index (κ3) is 11.8. The van der Waals surface area contributed by atoms with Crippen LogP contribution in [0.2, 0.25) is 10.0 Å². The van der Waals surface area contributed by atoms with Gasteiger partial charge in [0.2, 0.25) is 0 Å². The molecule has 0 unspecified atom stereocenters. The van der Waals surface area contributed by atoms with Crippen molar-refractivity contribution in [2.24, 2.45) is 20.5 Å². The third-order valence-electron chi connectivity index (χ3n) is 7.26. The summed E-state index contributed by atoms with van der Waals surface area (Å²) in [6.45, 7) is 2.99. The largest absolute Gasteiger partial charge is 3.00 e. The second-order valence-electron chi connectivity index (χ2n) is 11.0. The van der Waals surface area contributed by atoms with Crippen molar-refractivity contribution in [3.05, 3.63) is 141 Å². The van der Waals surface area contributed by atoms with Gasteiger partial charge >= 0.3 is 76.5 Å². The minimum atomic E-state index is -5.12. The topological polar surface area (TPSA) is 311 Å². The normalized spacial score (nSPS) is 10.9. The molecule has 21 nitrogen and oxygen atoms in total. The van der Waals surface area contributed by atoms with E-state index in [0.29, 0.717) is 34.2 Å². The van der Waals surface area contributed by atoms with Crippen LogP contribution >= 0.6 is 23.2 Å². The molecule has 27 heteroatoms. The van der Waals surface area contributed by atoms with Crippen LogP contribution in [0.1, 0.15) is 11.4 Å². The first kappa shape index (κ1) is 50.7. The molecule has 6 rings (SSSR count). The Balaban J connectivity index is 0.000000390. The molecule has 1 radical (unpaired) electrons. The molecule has 59 heavy (non-hydrogen) atoms. The molecule has 0 fully saturated rings. The van der Waals surface area contributed by atoms with E-state index in [1.54, 1.807) is 55.5 Å². The Hall–Kier alpha value is -4.48. The summed E-state index contributed by atoms with van der Waals surface area (Å²) in [5.41, 5.74) is -3.37. The molecule has 6 aromatic rings. The summed E-state index contributed by atoms with van der Waals surface area (Å²) in [5.74, 6) is -2.22. The number of benzene rings is 4. The Morgan fingerprint density at radius 2 is 1.10 bits per heavy atom. The van der Waals surface area contributed by atoms with Gasteiger partial charge in [-0.05, 0) is 42.5 Å². The molecule has 0 atom stereocenters. The number of hydrogen-bond donors (Lipinski definition) is 0. The van der Waals surface area contributed by atoms with Gasteiger partial charge in [0.15, 0.2) is 0 Å². The first-order chi connectivity index (χ1) is 26.4. The Morgan fingerprint density at radius 1 is 0.644 bits per heavy atom. The van der Waals surface area contributed by atoms with Crippen molar-refractivity contribution in [2.45, 2.75) is 18.7 Å². The van der Waals surface area contributed by atoms with Gasteiger partial charge in [-0.3, -0.25) is 29.8 Å². The molecule has 2 heterocycles. The number of nitro benzene ring substituents is 2. The molecular formula is C32H19Cl2CrN10Na2O11S. The van der Waals surface area contributed by atoms with Gasteiger partial charge in [0.05, 0.1) is 26.1 Å². The van der Waals surface area contributed by atoms with Crippen molar-refractivity contribution in [1.82, 2.24) is 19.6 Å². The van der Waals surface area contributed by atoms with Gasteiger partial charge in [0.25, 0.3) is 22.5 Å². The van der Waals surface area contributed by atoms with Gasteiger partial charge in [-0.25, -0.2) is 8.42 Å². The Kier molecular flexibility index (Phi) is 18.2. The molecule has 0 aliphatic carbocycles. The molecule has 0 aliphatic heterocycles. The maximum atomic E-state index is 12.6. The van der Waals surface area contributed by atoms with Gasteiger partial charge in [0.1, 0.15) is 21.5 Å². The standard InChI is InChI=1S/C16H12ClN5O7S.C16H12ClN5O4.Cr.2Na/c1-8-14(16(24)21(20-8)10-4-2-3-9(17)5-10)19-18-12-6-11(30(27,28)29)7-13(15(12)23)22(25)26;1-9-14(16(24)21(20-9)11-5-3-2-4-6-11)19-18-12-7-10(17)8-13(15(12)23)22(25)26;;;/h2-7H,1H3,(H3,18,19,20,23,24,27,28,29);2-8H,1H3,(H2,18,19,20,23,24);;;/q;;+3;2*+1/p-5. The zero-order valence-electron chi connectivity index (χ0n) is 30.5. The van der Waals surface area contributed by atoms with E-state index >= 15 is 0 Å². The molecule has 2 aromatic heterocycles. The van der Waals surface area contributed by atoms with Gasteiger partial charge in [-0.1, -0.05) is 61.3 Å². The molecule has 0 N–H and O–H groups in total. The van der Waals surface area contributed by atoms with Gasteiger partial charge < -0.3 is 34.3 Å². The van der Waals surface area contributed by atoms with Crippen molar-refractivity contribution < 1.29 is 110 Å². The maximum absolute atomic E-state index is 12.6. The summed E-state index contributed by atoms with van der Waals surface area (Å²) >= 11 is 11.7. The monoisotopic (exact) mass is 919 g/mol. The van der Waals surface area contributed by atoms with Crippen LogP contribution < -0.4 is 90.6 Å². The number of nitrogens with zero attached hydrogens (tertiary/aromatic N) is 10. The van der Waals surface area contributed by atoms with Crippen molar-refractivity contribution in [1.29, 1.82) is 0 Å². The number of rotatable bonds is 9. The van der Waals surface area contributed by atoms with Crippen LogP contribution in [0.15, 0.2) is 114 Å². The van der Waals surface area contributed by atoms with Crippen molar-refractivity contribution in [3.63, 3.8) is 0 Å². The molecule has 0 aliphatic rings.